The summed E-state index contributed by atoms with van der Waals surface area (Å²) in [6.45, 7) is 2.18. The summed E-state index contributed by atoms with van der Waals surface area (Å²) in [5.74, 6) is -0.258. The molecule has 0 spiro atoms. The quantitative estimate of drug-likeness (QED) is 0.727. The highest BCUT2D eigenvalue weighted by molar-refractivity contribution is 5.90. The number of carboxylic acids is 1. The summed E-state index contributed by atoms with van der Waals surface area (Å²) in [5.41, 5.74) is 7.48. The average Bonchev–Trinajstić information content (AvgIpc) is 2.41. The lowest BCUT2D eigenvalue weighted by atomic mass is 9.84. The van der Waals surface area contributed by atoms with Gasteiger partial charge in [0.1, 0.15) is 0 Å². The molecule has 0 amide bonds. The van der Waals surface area contributed by atoms with Gasteiger partial charge in [0.15, 0.2) is 0 Å². The van der Waals surface area contributed by atoms with Gasteiger partial charge in [-0.3, -0.25) is 0 Å². The summed E-state index contributed by atoms with van der Waals surface area (Å²) in [7, 11) is 0. The van der Waals surface area contributed by atoms with Gasteiger partial charge in [0.05, 0.1) is 16.9 Å². The second-order valence-corrected chi connectivity index (χ2v) is 5.44. The third-order valence-electron chi connectivity index (χ3n) is 4.04. The zero-order valence-electron chi connectivity index (χ0n) is 11.4. The standard InChI is InChI=1S/C15H22N2O2/c1-10(11-5-3-2-4-6-11)17-14-8-7-12(15(18)19)9-13(14)16/h7-11,17H,2-6,16H2,1H3,(H,18,19). The summed E-state index contributed by atoms with van der Waals surface area (Å²) in [6.07, 6.45) is 6.50. The monoisotopic (exact) mass is 262 g/mol. The summed E-state index contributed by atoms with van der Waals surface area (Å²) >= 11 is 0. The van der Waals surface area contributed by atoms with Crippen molar-refractivity contribution in [1.29, 1.82) is 0 Å². The van der Waals surface area contributed by atoms with Crippen LogP contribution >= 0.6 is 0 Å². The van der Waals surface area contributed by atoms with E-state index in [9.17, 15) is 4.79 Å². The van der Waals surface area contributed by atoms with Crippen LogP contribution in [0.5, 0.6) is 0 Å². The Morgan fingerprint density at radius 2 is 2.05 bits per heavy atom. The number of nitrogens with two attached hydrogens (primary N) is 1. The van der Waals surface area contributed by atoms with E-state index in [1.54, 1.807) is 12.1 Å². The van der Waals surface area contributed by atoms with Crippen LogP contribution in [-0.4, -0.2) is 17.1 Å². The van der Waals surface area contributed by atoms with Crippen molar-refractivity contribution in [2.24, 2.45) is 5.92 Å². The highest BCUT2D eigenvalue weighted by atomic mass is 16.4. The fourth-order valence-corrected chi connectivity index (χ4v) is 2.82. The van der Waals surface area contributed by atoms with Gasteiger partial charge in [-0.2, -0.15) is 0 Å². The number of carboxylic acid groups (broad SMARTS) is 1. The Morgan fingerprint density at radius 1 is 1.37 bits per heavy atom. The first-order valence-corrected chi connectivity index (χ1v) is 6.97. The molecule has 2 rings (SSSR count). The zero-order chi connectivity index (χ0) is 13.8. The molecule has 0 aromatic heterocycles. The lowest BCUT2D eigenvalue weighted by Gasteiger charge is -2.29. The predicted octanol–water partition coefficient (Wildman–Crippen LogP) is 3.35. The fourth-order valence-electron chi connectivity index (χ4n) is 2.82. The molecule has 1 fully saturated rings. The summed E-state index contributed by atoms with van der Waals surface area (Å²) < 4.78 is 0. The van der Waals surface area contributed by atoms with E-state index in [1.165, 1.54) is 38.2 Å². The molecule has 0 aliphatic heterocycles. The van der Waals surface area contributed by atoms with Crippen molar-refractivity contribution in [2.45, 2.75) is 45.1 Å². The third kappa shape index (κ3) is 3.40. The molecule has 4 heteroatoms. The Morgan fingerprint density at radius 3 is 2.63 bits per heavy atom. The number of aromatic carboxylic acids is 1. The average molecular weight is 262 g/mol. The van der Waals surface area contributed by atoms with E-state index in [1.807, 2.05) is 0 Å². The molecule has 1 aromatic rings. The molecule has 1 unspecified atom stereocenters. The van der Waals surface area contributed by atoms with E-state index in [0.717, 1.165) is 5.69 Å². The number of benzene rings is 1. The Bertz CT molecular complexity index is 453. The molecule has 1 aliphatic carbocycles. The van der Waals surface area contributed by atoms with Gasteiger partial charge >= 0.3 is 5.97 Å². The smallest absolute Gasteiger partial charge is 0.335 e. The second-order valence-electron chi connectivity index (χ2n) is 5.44. The second kappa shape index (κ2) is 5.95. The Labute approximate surface area is 114 Å². The molecule has 0 radical (unpaired) electrons. The fraction of sp³-hybridized carbons (Fsp3) is 0.533. The van der Waals surface area contributed by atoms with E-state index < -0.39 is 5.97 Å². The van der Waals surface area contributed by atoms with Crippen molar-refractivity contribution >= 4 is 17.3 Å². The third-order valence-corrected chi connectivity index (χ3v) is 4.04. The van der Waals surface area contributed by atoms with Gasteiger partial charge in [0.25, 0.3) is 0 Å². The Balaban J connectivity index is 2.03. The Hall–Kier alpha value is -1.71. The van der Waals surface area contributed by atoms with Gasteiger partial charge in [-0.25, -0.2) is 4.79 Å². The van der Waals surface area contributed by atoms with Crippen LogP contribution in [0.3, 0.4) is 0 Å². The van der Waals surface area contributed by atoms with Crippen molar-refractivity contribution in [3.8, 4) is 0 Å². The molecule has 1 saturated carbocycles. The number of anilines is 2. The maximum absolute atomic E-state index is 10.9. The minimum absolute atomic E-state index is 0.230. The van der Waals surface area contributed by atoms with Crippen LogP contribution in [0.4, 0.5) is 11.4 Å². The molecule has 4 N–H and O–H groups in total. The minimum atomic E-state index is -0.946. The van der Waals surface area contributed by atoms with Crippen LogP contribution in [0.15, 0.2) is 18.2 Å². The van der Waals surface area contributed by atoms with Crippen LogP contribution in [0.1, 0.15) is 49.4 Å². The van der Waals surface area contributed by atoms with E-state index in [0.29, 0.717) is 17.6 Å². The minimum Gasteiger partial charge on any atom is -0.478 e. The van der Waals surface area contributed by atoms with Gasteiger partial charge in [-0.1, -0.05) is 19.3 Å². The van der Waals surface area contributed by atoms with Crippen molar-refractivity contribution in [2.75, 3.05) is 11.1 Å². The van der Waals surface area contributed by atoms with Crippen molar-refractivity contribution in [1.82, 2.24) is 0 Å². The Kier molecular flexibility index (Phi) is 4.30. The molecule has 0 saturated heterocycles. The zero-order valence-corrected chi connectivity index (χ0v) is 11.4. The SMILES string of the molecule is CC(Nc1ccc(C(=O)O)cc1N)C1CCCCC1. The van der Waals surface area contributed by atoms with Crippen LogP contribution in [0.25, 0.3) is 0 Å². The number of nitrogen functional groups attached to an aromatic ring is 1. The van der Waals surface area contributed by atoms with E-state index in [4.69, 9.17) is 10.8 Å². The van der Waals surface area contributed by atoms with Crippen LogP contribution < -0.4 is 11.1 Å². The van der Waals surface area contributed by atoms with Gasteiger partial charge in [0, 0.05) is 6.04 Å². The highest BCUT2D eigenvalue weighted by Crippen LogP contribution is 2.29. The first-order chi connectivity index (χ1) is 9.08. The van der Waals surface area contributed by atoms with E-state index >= 15 is 0 Å². The number of nitrogens with one attached hydrogen (secondary N) is 1. The van der Waals surface area contributed by atoms with E-state index in [-0.39, 0.29) is 5.56 Å². The molecule has 4 nitrogen and oxygen atoms in total. The number of rotatable bonds is 4. The number of hydrogen-bond acceptors (Lipinski definition) is 3. The van der Waals surface area contributed by atoms with Crippen LogP contribution in [-0.2, 0) is 0 Å². The lowest BCUT2D eigenvalue weighted by Crippen LogP contribution is -2.28. The highest BCUT2D eigenvalue weighted by Gasteiger charge is 2.20. The summed E-state index contributed by atoms with van der Waals surface area (Å²) in [4.78, 5) is 10.9. The maximum Gasteiger partial charge on any atom is 0.335 e. The van der Waals surface area contributed by atoms with Gasteiger partial charge in [0.2, 0.25) is 0 Å². The largest absolute Gasteiger partial charge is 0.478 e. The maximum atomic E-state index is 10.9. The molecule has 0 heterocycles. The first-order valence-electron chi connectivity index (χ1n) is 6.97. The molecule has 1 aromatic carbocycles. The molecule has 0 bridgehead atoms. The number of hydrogen-bond donors (Lipinski definition) is 3. The van der Waals surface area contributed by atoms with Crippen molar-refractivity contribution in [3.63, 3.8) is 0 Å². The van der Waals surface area contributed by atoms with Crippen molar-refractivity contribution < 1.29 is 9.90 Å². The lowest BCUT2D eigenvalue weighted by molar-refractivity contribution is 0.0697. The topological polar surface area (TPSA) is 75.3 Å². The van der Waals surface area contributed by atoms with Crippen molar-refractivity contribution in [3.05, 3.63) is 23.8 Å². The van der Waals surface area contributed by atoms with Gasteiger partial charge in [-0.15, -0.1) is 0 Å². The molecule has 1 aliphatic rings. The molecule has 104 valence electrons. The van der Waals surface area contributed by atoms with Crippen LogP contribution in [0.2, 0.25) is 0 Å². The molecule has 1 atom stereocenters. The normalized spacial score (nSPS) is 17.9. The summed E-state index contributed by atoms with van der Waals surface area (Å²) in [6, 6.07) is 5.24. The summed E-state index contributed by atoms with van der Waals surface area (Å²) in [5, 5.41) is 12.3. The van der Waals surface area contributed by atoms with Crippen LogP contribution in [0, 0.1) is 5.92 Å². The molecule has 19 heavy (non-hydrogen) atoms. The van der Waals surface area contributed by atoms with Gasteiger partial charge < -0.3 is 16.2 Å². The first kappa shape index (κ1) is 13.7. The number of carbonyl (C=O) groups is 1. The van der Waals surface area contributed by atoms with Gasteiger partial charge in [-0.05, 0) is 43.9 Å². The molecular weight excluding hydrogens is 240 g/mol. The molecular formula is C15H22N2O2. The van der Waals surface area contributed by atoms with E-state index in [2.05, 4.69) is 12.2 Å². The predicted molar refractivity (Wildman–Crippen MR) is 77.5 cm³/mol.